The zero-order valence-corrected chi connectivity index (χ0v) is 22.3. The number of ketones is 1. The van der Waals surface area contributed by atoms with Gasteiger partial charge < -0.3 is 0 Å². The first-order valence-electron chi connectivity index (χ1n) is 14.1. The molecule has 0 saturated carbocycles. The molecule has 1 atom stereocenters. The van der Waals surface area contributed by atoms with Crippen LogP contribution in [0.4, 0.5) is 5.69 Å². The van der Waals surface area contributed by atoms with Gasteiger partial charge in [0, 0.05) is 28.2 Å². The Hall–Kier alpha value is -5.15. The fourth-order valence-corrected chi connectivity index (χ4v) is 7.02. The minimum atomic E-state index is -0.00568. The van der Waals surface area contributed by atoms with Gasteiger partial charge in [0.15, 0.2) is 5.78 Å². The molecule has 0 aliphatic heterocycles. The van der Waals surface area contributed by atoms with Gasteiger partial charge in [0.25, 0.3) is 0 Å². The number of fused-ring (bicyclic) bond motifs is 8. The fraction of sp³-hybridized carbons (Fsp3) is 0.0789. The molecule has 0 amide bonds. The van der Waals surface area contributed by atoms with Crippen LogP contribution in [-0.2, 0) is 6.42 Å². The summed E-state index contributed by atoms with van der Waals surface area (Å²) >= 11 is 0. The SMILES string of the molecule is O=Nc1ccc(C2CCc3ccccc3-c3ccccc32)cc1-c1cc2ccccc2c2c1C(=O)c1ccccc1-2. The van der Waals surface area contributed by atoms with Crippen LogP contribution < -0.4 is 0 Å². The first-order chi connectivity index (χ1) is 20.2. The van der Waals surface area contributed by atoms with E-state index in [2.05, 4.69) is 78.0 Å². The normalized spacial score (nSPS) is 15.0. The second-order valence-electron chi connectivity index (χ2n) is 11.0. The number of aryl methyl sites for hydroxylation is 1. The van der Waals surface area contributed by atoms with Gasteiger partial charge in [-0.2, -0.15) is 0 Å². The third-order valence-corrected chi connectivity index (χ3v) is 8.87. The van der Waals surface area contributed by atoms with E-state index in [-0.39, 0.29) is 11.7 Å². The molecule has 0 saturated heterocycles. The molecule has 3 nitrogen and oxygen atoms in total. The van der Waals surface area contributed by atoms with E-state index in [4.69, 9.17) is 0 Å². The van der Waals surface area contributed by atoms with Crippen LogP contribution in [0.15, 0.2) is 127 Å². The number of nitroso groups, excluding NO2 is 1. The van der Waals surface area contributed by atoms with Crippen molar-refractivity contribution in [3.63, 3.8) is 0 Å². The summed E-state index contributed by atoms with van der Waals surface area (Å²) in [5.41, 5.74) is 11.3. The molecule has 8 rings (SSSR count). The third-order valence-electron chi connectivity index (χ3n) is 8.87. The van der Waals surface area contributed by atoms with E-state index in [9.17, 15) is 9.70 Å². The van der Waals surface area contributed by atoms with Crippen molar-refractivity contribution in [2.45, 2.75) is 18.8 Å². The highest BCUT2D eigenvalue weighted by atomic mass is 16.3. The molecular formula is C38H25NO2. The molecule has 1 unspecified atom stereocenters. The standard InChI is InChI=1S/C38H25NO2/c40-38-32-16-8-7-15-31(32)36-28-12-4-2-10-24(28)22-34(37(36)38)33-21-25(18-20-35(33)39-41)27-19-17-23-9-1-3-11-26(23)29-13-5-6-14-30(27)29/h1-16,18,20-22,27H,17,19H2. The van der Waals surface area contributed by atoms with Crippen LogP contribution in [0, 0.1) is 4.91 Å². The molecule has 6 aromatic carbocycles. The quantitative estimate of drug-likeness (QED) is 0.215. The largest absolute Gasteiger partial charge is 0.289 e. The molecule has 2 aliphatic carbocycles. The lowest BCUT2D eigenvalue weighted by Crippen LogP contribution is -2.04. The van der Waals surface area contributed by atoms with E-state index in [1.54, 1.807) is 0 Å². The Morgan fingerprint density at radius 3 is 2.15 bits per heavy atom. The van der Waals surface area contributed by atoms with Gasteiger partial charge in [-0.15, -0.1) is 4.91 Å². The number of carbonyl (C=O) groups excluding carboxylic acids is 1. The zero-order chi connectivity index (χ0) is 27.5. The molecule has 0 heterocycles. The van der Waals surface area contributed by atoms with E-state index >= 15 is 0 Å². The molecule has 0 N–H and O–H groups in total. The summed E-state index contributed by atoms with van der Waals surface area (Å²) < 4.78 is 0. The van der Waals surface area contributed by atoms with Crippen LogP contribution in [0.5, 0.6) is 0 Å². The maximum Gasteiger partial charge on any atom is 0.194 e. The van der Waals surface area contributed by atoms with Crippen LogP contribution in [0.1, 0.15) is 45.0 Å². The summed E-state index contributed by atoms with van der Waals surface area (Å²) in [5.74, 6) is 0.133. The Kier molecular flexibility index (Phi) is 5.33. The van der Waals surface area contributed by atoms with Crippen LogP contribution >= 0.6 is 0 Å². The van der Waals surface area contributed by atoms with Gasteiger partial charge in [0.05, 0.1) is 0 Å². The molecule has 0 fully saturated rings. The number of rotatable bonds is 3. The lowest BCUT2D eigenvalue weighted by molar-refractivity contribution is 0.104. The smallest absolute Gasteiger partial charge is 0.194 e. The lowest BCUT2D eigenvalue weighted by atomic mass is 9.83. The summed E-state index contributed by atoms with van der Waals surface area (Å²) in [7, 11) is 0. The second kappa shape index (κ2) is 9.21. The third kappa shape index (κ3) is 3.56. The van der Waals surface area contributed by atoms with Crippen molar-refractivity contribution in [3.8, 4) is 33.4 Å². The molecule has 6 aromatic rings. The van der Waals surface area contributed by atoms with Crippen molar-refractivity contribution in [1.82, 2.24) is 0 Å². The highest BCUT2D eigenvalue weighted by Crippen LogP contribution is 2.49. The zero-order valence-electron chi connectivity index (χ0n) is 22.3. The summed E-state index contributed by atoms with van der Waals surface area (Å²) in [4.78, 5) is 26.2. The number of nitrogens with zero attached hydrogens (tertiary/aromatic N) is 1. The summed E-state index contributed by atoms with van der Waals surface area (Å²) in [6.45, 7) is 0. The minimum Gasteiger partial charge on any atom is -0.289 e. The molecule has 194 valence electrons. The van der Waals surface area contributed by atoms with Crippen molar-refractivity contribution in [1.29, 1.82) is 0 Å². The van der Waals surface area contributed by atoms with E-state index < -0.39 is 0 Å². The Bertz CT molecular complexity index is 2050. The minimum absolute atomic E-state index is 0.00568. The van der Waals surface area contributed by atoms with Crippen molar-refractivity contribution >= 4 is 22.2 Å². The summed E-state index contributed by atoms with van der Waals surface area (Å²) in [5, 5.41) is 5.52. The first-order valence-corrected chi connectivity index (χ1v) is 14.1. The van der Waals surface area contributed by atoms with E-state index in [1.165, 1.54) is 22.3 Å². The van der Waals surface area contributed by atoms with Gasteiger partial charge >= 0.3 is 0 Å². The van der Waals surface area contributed by atoms with Crippen LogP contribution in [0.25, 0.3) is 44.2 Å². The molecule has 41 heavy (non-hydrogen) atoms. The second-order valence-corrected chi connectivity index (χ2v) is 11.0. The van der Waals surface area contributed by atoms with Crippen LogP contribution in [0.2, 0.25) is 0 Å². The topological polar surface area (TPSA) is 46.5 Å². The lowest BCUT2D eigenvalue weighted by Gasteiger charge is -2.20. The summed E-state index contributed by atoms with van der Waals surface area (Å²) in [6, 6.07) is 41.3. The predicted molar refractivity (Wildman–Crippen MR) is 166 cm³/mol. The number of benzene rings is 6. The highest BCUT2D eigenvalue weighted by molar-refractivity contribution is 6.29. The van der Waals surface area contributed by atoms with E-state index in [0.717, 1.165) is 45.9 Å². The van der Waals surface area contributed by atoms with Crippen molar-refractivity contribution in [2.75, 3.05) is 0 Å². The molecule has 0 radical (unpaired) electrons. The Labute approximate surface area is 238 Å². The summed E-state index contributed by atoms with van der Waals surface area (Å²) in [6.07, 6.45) is 1.90. The number of carbonyl (C=O) groups is 1. The fourth-order valence-electron chi connectivity index (χ4n) is 7.02. The first kappa shape index (κ1) is 23.7. The Morgan fingerprint density at radius 1 is 0.585 bits per heavy atom. The average Bonchev–Trinajstić information content (AvgIpc) is 3.22. The van der Waals surface area contributed by atoms with Gasteiger partial charge in [0.1, 0.15) is 5.69 Å². The number of hydrogen-bond acceptors (Lipinski definition) is 3. The van der Waals surface area contributed by atoms with Crippen molar-refractivity contribution in [2.24, 2.45) is 5.18 Å². The Balaban J connectivity index is 1.37. The van der Waals surface area contributed by atoms with Crippen LogP contribution in [0.3, 0.4) is 0 Å². The molecule has 2 aliphatic rings. The molecule has 3 heteroatoms. The maximum absolute atomic E-state index is 13.9. The molecular weight excluding hydrogens is 502 g/mol. The van der Waals surface area contributed by atoms with Crippen molar-refractivity contribution in [3.05, 3.63) is 154 Å². The maximum atomic E-state index is 13.9. The van der Waals surface area contributed by atoms with Gasteiger partial charge in [-0.3, -0.25) is 4.79 Å². The van der Waals surface area contributed by atoms with Gasteiger partial charge in [-0.1, -0.05) is 103 Å². The van der Waals surface area contributed by atoms with Gasteiger partial charge in [0.2, 0.25) is 0 Å². The number of hydrogen-bond donors (Lipinski definition) is 0. The molecule has 0 spiro atoms. The Morgan fingerprint density at radius 2 is 1.29 bits per heavy atom. The monoisotopic (exact) mass is 527 g/mol. The van der Waals surface area contributed by atoms with E-state index in [1.807, 2.05) is 48.5 Å². The van der Waals surface area contributed by atoms with E-state index in [0.29, 0.717) is 22.4 Å². The van der Waals surface area contributed by atoms with Gasteiger partial charge in [-0.25, -0.2) is 0 Å². The predicted octanol–water partition coefficient (Wildman–Crippen LogP) is 9.86. The molecule has 0 aromatic heterocycles. The van der Waals surface area contributed by atoms with Crippen molar-refractivity contribution < 1.29 is 4.79 Å². The average molecular weight is 528 g/mol. The molecule has 0 bridgehead atoms. The highest BCUT2D eigenvalue weighted by Gasteiger charge is 2.32. The van der Waals surface area contributed by atoms with Crippen LogP contribution in [-0.4, -0.2) is 5.78 Å². The van der Waals surface area contributed by atoms with Gasteiger partial charge in [-0.05, 0) is 85.9 Å².